The van der Waals surface area contributed by atoms with Gasteiger partial charge in [0.2, 0.25) is 5.89 Å². The quantitative estimate of drug-likeness (QED) is 0.609. The minimum Gasteiger partial charge on any atom is -0.436 e. The number of anilines is 1. The number of hydrogen-bond acceptors (Lipinski definition) is 3. The highest BCUT2D eigenvalue weighted by Crippen LogP contribution is 2.36. The molecule has 0 saturated heterocycles. The smallest absolute Gasteiger partial charge is 0.229 e. The average Bonchev–Trinajstić information content (AvgIpc) is 2.76. The summed E-state index contributed by atoms with van der Waals surface area (Å²) in [5, 5.41) is 0. The number of benzene rings is 2. The molecule has 0 radical (unpaired) electrons. The highest BCUT2D eigenvalue weighted by Gasteiger charge is 2.14. The van der Waals surface area contributed by atoms with Gasteiger partial charge in [-0.1, -0.05) is 22.0 Å². The van der Waals surface area contributed by atoms with Crippen LogP contribution in [0.1, 0.15) is 5.56 Å². The lowest BCUT2D eigenvalue weighted by Crippen LogP contribution is -1.92. The SMILES string of the molecule is Cc1ccc2nc(-c3cc(Br)cc(Br)c3N)oc2c1. The molecule has 1 aromatic heterocycles. The van der Waals surface area contributed by atoms with Crippen molar-refractivity contribution in [3.05, 3.63) is 44.8 Å². The van der Waals surface area contributed by atoms with Crippen LogP contribution in [-0.4, -0.2) is 4.98 Å². The van der Waals surface area contributed by atoms with Crippen LogP contribution >= 0.6 is 31.9 Å². The topological polar surface area (TPSA) is 52.0 Å². The van der Waals surface area contributed by atoms with Crippen LogP contribution in [-0.2, 0) is 0 Å². The zero-order chi connectivity index (χ0) is 13.6. The molecule has 96 valence electrons. The van der Waals surface area contributed by atoms with E-state index in [1.54, 1.807) is 0 Å². The first-order chi connectivity index (χ1) is 9.04. The molecule has 2 aromatic carbocycles. The minimum absolute atomic E-state index is 0.528. The maximum absolute atomic E-state index is 6.07. The summed E-state index contributed by atoms with van der Waals surface area (Å²) in [4.78, 5) is 4.48. The van der Waals surface area contributed by atoms with Crippen molar-refractivity contribution in [1.82, 2.24) is 4.98 Å². The van der Waals surface area contributed by atoms with Gasteiger partial charge in [0.25, 0.3) is 0 Å². The van der Waals surface area contributed by atoms with Crippen molar-refractivity contribution in [2.24, 2.45) is 0 Å². The van der Waals surface area contributed by atoms with Crippen LogP contribution < -0.4 is 5.73 Å². The number of aryl methyl sites for hydroxylation is 1. The molecule has 1 heterocycles. The zero-order valence-corrected chi connectivity index (χ0v) is 13.2. The van der Waals surface area contributed by atoms with Gasteiger partial charge in [-0.3, -0.25) is 0 Å². The second-order valence-corrected chi connectivity index (χ2v) is 6.11. The first-order valence-electron chi connectivity index (χ1n) is 5.66. The lowest BCUT2D eigenvalue weighted by Gasteiger charge is -2.04. The number of nitrogen functional groups attached to an aromatic ring is 1. The highest BCUT2D eigenvalue weighted by molar-refractivity contribution is 9.11. The first kappa shape index (κ1) is 12.7. The Kier molecular flexibility index (Phi) is 3.11. The Labute approximate surface area is 127 Å². The molecule has 0 fully saturated rings. The summed E-state index contributed by atoms with van der Waals surface area (Å²) in [5.74, 6) is 0.528. The van der Waals surface area contributed by atoms with Gasteiger partial charge < -0.3 is 10.2 Å². The molecule has 0 aliphatic rings. The van der Waals surface area contributed by atoms with Crippen molar-refractivity contribution in [3.8, 4) is 11.5 Å². The van der Waals surface area contributed by atoms with E-state index >= 15 is 0 Å². The molecule has 2 N–H and O–H groups in total. The van der Waals surface area contributed by atoms with Crippen LogP contribution in [0.25, 0.3) is 22.6 Å². The summed E-state index contributed by atoms with van der Waals surface area (Å²) < 4.78 is 7.53. The van der Waals surface area contributed by atoms with Gasteiger partial charge in [-0.2, -0.15) is 0 Å². The van der Waals surface area contributed by atoms with Crippen molar-refractivity contribution >= 4 is 48.6 Å². The molecule has 5 heteroatoms. The zero-order valence-electron chi connectivity index (χ0n) is 10.1. The summed E-state index contributed by atoms with van der Waals surface area (Å²) in [6, 6.07) is 9.72. The van der Waals surface area contributed by atoms with Crippen molar-refractivity contribution < 1.29 is 4.42 Å². The summed E-state index contributed by atoms with van der Waals surface area (Å²) in [5.41, 5.74) is 10.2. The van der Waals surface area contributed by atoms with Gasteiger partial charge in [0.1, 0.15) is 5.52 Å². The molecule has 0 aliphatic heterocycles. The van der Waals surface area contributed by atoms with Crippen LogP contribution in [0.4, 0.5) is 5.69 Å². The molecule has 0 bridgehead atoms. The fourth-order valence-electron chi connectivity index (χ4n) is 1.91. The molecule has 19 heavy (non-hydrogen) atoms. The molecule has 3 nitrogen and oxygen atoms in total. The molecule has 0 amide bonds. The number of nitrogens with two attached hydrogens (primary N) is 1. The molecular formula is C14H10Br2N2O. The molecule has 3 rings (SSSR count). The molecule has 0 aliphatic carbocycles. The van der Waals surface area contributed by atoms with Gasteiger partial charge in [-0.05, 0) is 52.7 Å². The van der Waals surface area contributed by atoms with E-state index in [1.807, 2.05) is 37.3 Å². The van der Waals surface area contributed by atoms with Crippen LogP contribution in [0, 0.1) is 6.92 Å². The van der Waals surface area contributed by atoms with Gasteiger partial charge in [0.15, 0.2) is 5.58 Å². The maximum Gasteiger partial charge on any atom is 0.229 e. The van der Waals surface area contributed by atoms with E-state index in [2.05, 4.69) is 36.8 Å². The van der Waals surface area contributed by atoms with Crippen molar-refractivity contribution in [3.63, 3.8) is 0 Å². The predicted octanol–water partition coefficient (Wildman–Crippen LogP) is 4.91. The van der Waals surface area contributed by atoms with Crippen molar-refractivity contribution in [1.29, 1.82) is 0 Å². The van der Waals surface area contributed by atoms with Crippen LogP contribution in [0.2, 0.25) is 0 Å². The van der Waals surface area contributed by atoms with Crippen molar-refractivity contribution in [2.75, 3.05) is 5.73 Å². The normalized spacial score (nSPS) is 11.1. The molecule has 0 atom stereocenters. The number of fused-ring (bicyclic) bond motifs is 1. The monoisotopic (exact) mass is 380 g/mol. The van der Waals surface area contributed by atoms with Crippen LogP contribution in [0.3, 0.4) is 0 Å². The van der Waals surface area contributed by atoms with Gasteiger partial charge in [-0.25, -0.2) is 4.98 Å². The Morgan fingerprint density at radius 1 is 1.16 bits per heavy atom. The Morgan fingerprint density at radius 3 is 2.74 bits per heavy atom. The molecule has 0 spiro atoms. The third-order valence-corrected chi connectivity index (χ3v) is 3.98. The maximum atomic E-state index is 6.07. The fourth-order valence-corrected chi connectivity index (χ4v) is 3.13. The van der Waals surface area contributed by atoms with E-state index in [0.717, 1.165) is 31.2 Å². The number of aromatic nitrogens is 1. The van der Waals surface area contributed by atoms with E-state index in [1.165, 1.54) is 0 Å². The lowest BCUT2D eigenvalue weighted by atomic mass is 10.2. The molecule has 3 aromatic rings. The number of halogens is 2. The third kappa shape index (κ3) is 2.28. The van der Waals surface area contributed by atoms with E-state index in [9.17, 15) is 0 Å². The summed E-state index contributed by atoms with van der Waals surface area (Å²) in [6.07, 6.45) is 0. The Morgan fingerprint density at radius 2 is 1.95 bits per heavy atom. The Balaban J connectivity index is 2.24. The van der Waals surface area contributed by atoms with Crippen molar-refractivity contribution in [2.45, 2.75) is 6.92 Å². The standard InChI is InChI=1S/C14H10Br2N2O/c1-7-2-3-11-12(4-7)19-14(18-11)9-5-8(15)6-10(16)13(9)17/h2-6H,17H2,1H3. The van der Waals surface area contributed by atoms with Gasteiger partial charge in [0, 0.05) is 8.95 Å². The van der Waals surface area contributed by atoms with E-state index in [0.29, 0.717) is 11.6 Å². The Bertz CT molecular complexity index is 780. The first-order valence-corrected chi connectivity index (χ1v) is 7.25. The lowest BCUT2D eigenvalue weighted by molar-refractivity contribution is 0.620. The number of hydrogen-bond donors (Lipinski definition) is 1. The predicted molar refractivity (Wildman–Crippen MR) is 84.0 cm³/mol. The average molecular weight is 382 g/mol. The third-order valence-electron chi connectivity index (χ3n) is 2.87. The number of nitrogens with zero attached hydrogens (tertiary/aromatic N) is 1. The summed E-state index contributed by atoms with van der Waals surface area (Å²) in [6.45, 7) is 2.02. The molecule has 0 saturated carbocycles. The second-order valence-electron chi connectivity index (χ2n) is 4.34. The molecule has 0 unspecified atom stereocenters. The van der Waals surface area contributed by atoms with Crippen LogP contribution in [0.15, 0.2) is 43.7 Å². The Hall–Kier alpha value is -1.33. The highest BCUT2D eigenvalue weighted by atomic mass is 79.9. The number of rotatable bonds is 1. The largest absolute Gasteiger partial charge is 0.436 e. The molecular weight excluding hydrogens is 372 g/mol. The summed E-state index contributed by atoms with van der Waals surface area (Å²) >= 11 is 6.87. The van der Waals surface area contributed by atoms with Gasteiger partial charge in [-0.15, -0.1) is 0 Å². The number of oxazole rings is 1. The fraction of sp³-hybridized carbons (Fsp3) is 0.0714. The minimum atomic E-state index is 0.528. The van der Waals surface area contributed by atoms with Gasteiger partial charge in [0.05, 0.1) is 11.3 Å². The van der Waals surface area contributed by atoms with Crippen LogP contribution in [0.5, 0.6) is 0 Å². The van der Waals surface area contributed by atoms with E-state index in [4.69, 9.17) is 10.2 Å². The van der Waals surface area contributed by atoms with E-state index < -0.39 is 0 Å². The summed E-state index contributed by atoms with van der Waals surface area (Å²) in [7, 11) is 0. The second kappa shape index (κ2) is 4.65. The van der Waals surface area contributed by atoms with E-state index in [-0.39, 0.29) is 0 Å². The van der Waals surface area contributed by atoms with Gasteiger partial charge >= 0.3 is 0 Å².